The van der Waals surface area contributed by atoms with Crippen molar-refractivity contribution in [1.29, 1.82) is 0 Å². The number of hydrogen-bond acceptors (Lipinski definition) is 2. The minimum Gasteiger partial charge on any atom is -0.508 e. The van der Waals surface area contributed by atoms with E-state index in [0.717, 1.165) is 19.3 Å². The number of rotatable bonds is 2. The first kappa shape index (κ1) is 10.1. The monoisotopic (exact) mass is 201 g/mol. The van der Waals surface area contributed by atoms with Gasteiger partial charge in [0, 0.05) is 6.04 Å². The van der Waals surface area contributed by atoms with Crippen molar-refractivity contribution in [3.05, 3.63) is 29.3 Å². The standard InChI is InChI=1S/C13H15NO/c1-2-7-14-12-5-3-10-4-6-13(15)9-11(10)8-12/h1,4,6,9,12,14-15H,3,5,7-8H2. The summed E-state index contributed by atoms with van der Waals surface area (Å²) in [6.07, 6.45) is 8.37. The molecule has 0 heterocycles. The normalized spacial score (nSPS) is 19.3. The van der Waals surface area contributed by atoms with Crippen LogP contribution in [0.4, 0.5) is 0 Å². The van der Waals surface area contributed by atoms with E-state index in [0.29, 0.717) is 18.3 Å². The van der Waals surface area contributed by atoms with Crippen LogP contribution in [-0.4, -0.2) is 17.7 Å². The Kier molecular flexibility index (Phi) is 2.94. The molecule has 0 bridgehead atoms. The van der Waals surface area contributed by atoms with Gasteiger partial charge >= 0.3 is 0 Å². The van der Waals surface area contributed by atoms with Crippen LogP contribution in [-0.2, 0) is 12.8 Å². The summed E-state index contributed by atoms with van der Waals surface area (Å²) in [5, 5.41) is 12.7. The third kappa shape index (κ3) is 2.31. The Morgan fingerprint density at radius 3 is 3.13 bits per heavy atom. The number of terminal acetylenes is 1. The quantitative estimate of drug-likeness (QED) is 0.710. The summed E-state index contributed by atoms with van der Waals surface area (Å²) in [5.41, 5.74) is 2.60. The molecular formula is C13H15NO. The van der Waals surface area contributed by atoms with Crippen molar-refractivity contribution in [2.45, 2.75) is 25.3 Å². The van der Waals surface area contributed by atoms with Gasteiger partial charge in [-0.1, -0.05) is 12.0 Å². The van der Waals surface area contributed by atoms with Gasteiger partial charge in [0.05, 0.1) is 6.54 Å². The van der Waals surface area contributed by atoms with Gasteiger partial charge in [0.15, 0.2) is 0 Å². The van der Waals surface area contributed by atoms with E-state index in [1.807, 2.05) is 12.1 Å². The Labute approximate surface area is 90.3 Å². The predicted octanol–water partition coefficient (Wildman–Crippen LogP) is 1.47. The second-order valence-corrected chi connectivity index (χ2v) is 3.98. The Morgan fingerprint density at radius 2 is 2.33 bits per heavy atom. The third-order valence-corrected chi connectivity index (χ3v) is 2.91. The van der Waals surface area contributed by atoms with Crippen molar-refractivity contribution in [3.8, 4) is 18.1 Å². The van der Waals surface area contributed by atoms with Gasteiger partial charge in [-0.15, -0.1) is 6.42 Å². The number of phenols is 1. The molecule has 2 rings (SSSR count). The minimum absolute atomic E-state index is 0.353. The first-order chi connectivity index (χ1) is 7.29. The summed E-state index contributed by atoms with van der Waals surface area (Å²) in [4.78, 5) is 0. The third-order valence-electron chi connectivity index (χ3n) is 2.91. The molecule has 1 aliphatic rings. The molecular weight excluding hydrogens is 186 g/mol. The van der Waals surface area contributed by atoms with E-state index in [-0.39, 0.29) is 0 Å². The van der Waals surface area contributed by atoms with E-state index in [1.165, 1.54) is 11.1 Å². The lowest BCUT2D eigenvalue weighted by Crippen LogP contribution is -2.34. The fraction of sp³-hybridized carbons (Fsp3) is 0.385. The van der Waals surface area contributed by atoms with E-state index in [9.17, 15) is 5.11 Å². The molecule has 78 valence electrons. The molecule has 0 saturated carbocycles. The topological polar surface area (TPSA) is 32.3 Å². The van der Waals surface area contributed by atoms with Crippen LogP contribution < -0.4 is 5.32 Å². The fourth-order valence-corrected chi connectivity index (χ4v) is 2.12. The molecule has 0 radical (unpaired) electrons. The van der Waals surface area contributed by atoms with Crippen LogP contribution in [0, 0.1) is 12.3 Å². The van der Waals surface area contributed by atoms with Crippen LogP contribution in [0.3, 0.4) is 0 Å². The first-order valence-electron chi connectivity index (χ1n) is 5.27. The van der Waals surface area contributed by atoms with Gasteiger partial charge in [-0.25, -0.2) is 0 Å². The summed E-state index contributed by atoms with van der Waals surface area (Å²) in [5.74, 6) is 2.94. The molecule has 0 aliphatic heterocycles. The molecule has 1 aromatic rings. The number of aryl methyl sites for hydroxylation is 1. The number of nitrogens with one attached hydrogen (secondary N) is 1. The van der Waals surface area contributed by atoms with Gasteiger partial charge < -0.3 is 10.4 Å². The highest BCUT2D eigenvalue weighted by Gasteiger charge is 2.17. The zero-order valence-corrected chi connectivity index (χ0v) is 8.66. The van der Waals surface area contributed by atoms with Crippen molar-refractivity contribution in [3.63, 3.8) is 0 Å². The lowest BCUT2D eigenvalue weighted by atomic mass is 9.88. The first-order valence-corrected chi connectivity index (χ1v) is 5.27. The van der Waals surface area contributed by atoms with Crippen LogP contribution in [0.2, 0.25) is 0 Å². The largest absolute Gasteiger partial charge is 0.508 e. The van der Waals surface area contributed by atoms with Crippen molar-refractivity contribution >= 4 is 0 Å². The molecule has 1 atom stereocenters. The Balaban J connectivity index is 2.09. The zero-order valence-electron chi connectivity index (χ0n) is 8.66. The van der Waals surface area contributed by atoms with Gasteiger partial charge in [0.1, 0.15) is 5.75 Å². The van der Waals surface area contributed by atoms with Crippen molar-refractivity contribution in [1.82, 2.24) is 5.32 Å². The molecule has 2 N–H and O–H groups in total. The number of hydrogen-bond donors (Lipinski definition) is 2. The maximum absolute atomic E-state index is 9.40. The average molecular weight is 201 g/mol. The highest BCUT2D eigenvalue weighted by atomic mass is 16.3. The SMILES string of the molecule is C#CCNC1CCc2ccc(O)cc2C1. The van der Waals surface area contributed by atoms with E-state index in [1.54, 1.807) is 6.07 Å². The number of phenolic OH excluding ortho intramolecular Hbond substituents is 1. The molecule has 1 unspecified atom stereocenters. The lowest BCUT2D eigenvalue weighted by molar-refractivity contribution is 0.462. The molecule has 0 aromatic heterocycles. The second-order valence-electron chi connectivity index (χ2n) is 3.98. The highest BCUT2D eigenvalue weighted by Crippen LogP contribution is 2.24. The Hall–Kier alpha value is -1.46. The summed E-state index contributed by atoms with van der Waals surface area (Å²) >= 11 is 0. The molecule has 0 saturated heterocycles. The summed E-state index contributed by atoms with van der Waals surface area (Å²) in [6.45, 7) is 0.624. The smallest absolute Gasteiger partial charge is 0.115 e. The van der Waals surface area contributed by atoms with Crippen LogP contribution in [0.1, 0.15) is 17.5 Å². The molecule has 15 heavy (non-hydrogen) atoms. The molecule has 0 spiro atoms. The molecule has 2 nitrogen and oxygen atoms in total. The molecule has 1 aromatic carbocycles. The van der Waals surface area contributed by atoms with Crippen molar-refractivity contribution in [2.24, 2.45) is 0 Å². The van der Waals surface area contributed by atoms with E-state index < -0.39 is 0 Å². The predicted molar refractivity (Wildman–Crippen MR) is 60.8 cm³/mol. The molecule has 2 heteroatoms. The average Bonchev–Trinajstić information content (AvgIpc) is 2.25. The van der Waals surface area contributed by atoms with E-state index in [2.05, 4.69) is 11.2 Å². The number of fused-ring (bicyclic) bond motifs is 1. The number of aromatic hydroxyl groups is 1. The fourth-order valence-electron chi connectivity index (χ4n) is 2.12. The highest BCUT2D eigenvalue weighted by molar-refractivity contribution is 5.37. The summed E-state index contributed by atoms with van der Waals surface area (Å²) < 4.78 is 0. The van der Waals surface area contributed by atoms with Crippen molar-refractivity contribution in [2.75, 3.05) is 6.54 Å². The van der Waals surface area contributed by atoms with Gasteiger partial charge in [-0.3, -0.25) is 0 Å². The van der Waals surface area contributed by atoms with Gasteiger partial charge in [0.2, 0.25) is 0 Å². The molecule has 0 amide bonds. The van der Waals surface area contributed by atoms with Crippen molar-refractivity contribution < 1.29 is 5.11 Å². The minimum atomic E-state index is 0.353. The maximum atomic E-state index is 9.40. The van der Waals surface area contributed by atoms with E-state index in [4.69, 9.17) is 6.42 Å². The van der Waals surface area contributed by atoms with Crippen LogP contribution in [0.5, 0.6) is 5.75 Å². The molecule has 0 fully saturated rings. The van der Waals surface area contributed by atoms with E-state index >= 15 is 0 Å². The Morgan fingerprint density at radius 1 is 1.47 bits per heavy atom. The number of benzene rings is 1. The van der Waals surface area contributed by atoms with Crippen LogP contribution >= 0.6 is 0 Å². The van der Waals surface area contributed by atoms with Gasteiger partial charge in [-0.05, 0) is 42.5 Å². The maximum Gasteiger partial charge on any atom is 0.115 e. The summed E-state index contributed by atoms with van der Waals surface area (Å²) in [6, 6.07) is 6.09. The van der Waals surface area contributed by atoms with Gasteiger partial charge in [0.25, 0.3) is 0 Å². The molecule has 1 aliphatic carbocycles. The Bertz CT molecular complexity index is 392. The van der Waals surface area contributed by atoms with Crippen LogP contribution in [0.25, 0.3) is 0 Å². The lowest BCUT2D eigenvalue weighted by Gasteiger charge is -2.24. The zero-order chi connectivity index (χ0) is 10.7. The van der Waals surface area contributed by atoms with Crippen LogP contribution in [0.15, 0.2) is 18.2 Å². The summed E-state index contributed by atoms with van der Waals surface area (Å²) in [7, 11) is 0. The van der Waals surface area contributed by atoms with Gasteiger partial charge in [-0.2, -0.15) is 0 Å². The second kappa shape index (κ2) is 4.37.